The lowest BCUT2D eigenvalue weighted by Gasteiger charge is -2.22. The maximum absolute atomic E-state index is 12.7. The number of carbonyl (C=O) groups excluding carboxylic acids is 1. The van der Waals surface area contributed by atoms with E-state index in [1.807, 2.05) is 12.1 Å². The fraction of sp³-hybridized carbons (Fsp3) is 0.417. The summed E-state index contributed by atoms with van der Waals surface area (Å²) in [6.07, 6.45) is 1.09. The minimum atomic E-state index is -0.986. The van der Waals surface area contributed by atoms with E-state index in [9.17, 15) is 14.7 Å². The Balaban J connectivity index is 1.52. The Bertz CT molecular complexity index is 948. The van der Waals surface area contributed by atoms with Gasteiger partial charge in [0.2, 0.25) is 0 Å². The van der Waals surface area contributed by atoms with Crippen LogP contribution in [0.3, 0.4) is 0 Å². The molecule has 2 aromatic carbocycles. The third kappa shape index (κ3) is 8.11. The average molecular weight is 496 g/mol. The van der Waals surface area contributed by atoms with E-state index in [4.69, 9.17) is 37.4 Å². The zero-order valence-corrected chi connectivity index (χ0v) is 19.8. The van der Waals surface area contributed by atoms with Gasteiger partial charge in [0.05, 0.1) is 11.6 Å². The molecular formula is C24H27Cl2NO6. The summed E-state index contributed by atoms with van der Waals surface area (Å²) in [6.45, 7) is 3.34. The first-order chi connectivity index (χ1) is 15.9. The van der Waals surface area contributed by atoms with Crippen LogP contribution in [-0.2, 0) is 16.0 Å². The van der Waals surface area contributed by atoms with Crippen LogP contribution >= 0.6 is 23.2 Å². The largest absolute Gasteiger partial charge is 0.492 e. The number of ether oxygens (including phenoxy) is 3. The van der Waals surface area contributed by atoms with Crippen LogP contribution in [-0.4, -0.2) is 54.5 Å². The summed E-state index contributed by atoms with van der Waals surface area (Å²) in [4.78, 5) is 25.6. The normalized spacial score (nSPS) is 13.9. The monoisotopic (exact) mass is 495 g/mol. The Kier molecular flexibility index (Phi) is 9.23. The fourth-order valence-electron chi connectivity index (χ4n) is 3.21. The molecule has 1 saturated carbocycles. The van der Waals surface area contributed by atoms with Crippen molar-refractivity contribution >= 4 is 35.3 Å². The highest BCUT2D eigenvalue weighted by atomic mass is 35.5. The molecule has 0 bridgehead atoms. The number of nitrogens with zero attached hydrogens (tertiary/aromatic N) is 1. The van der Waals surface area contributed by atoms with Gasteiger partial charge in [0, 0.05) is 24.6 Å². The summed E-state index contributed by atoms with van der Waals surface area (Å²) >= 11 is 12.0. The van der Waals surface area contributed by atoms with Crippen molar-refractivity contribution in [3.05, 3.63) is 58.1 Å². The molecule has 1 aliphatic carbocycles. The number of benzene rings is 2. The van der Waals surface area contributed by atoms with Crippen molar-refractivity contribution in [2.24, 2.45) is 5.92 Å². The molecule has 0 saturated heterocycles. The smallest absolute Gasteiger partial charge is 0.415 e. The Labute approximate surface area is 203 Å². The van der Waals surface area contributed by atoms with Gasteiger partial charge in [-0.2, -0.15) is 0 Å². The third-order valence-corrected chi connectivity index (χ3v) is 5.67. The van der Waals surface area contributed by atoms with Crippen LogP contribution in [0.5, 0.6) is 11.5 Å². The van der Waals surface area contributed by atoms with Crippen LogP contribution in [0.1, 0.15) is 25.3 Å². The van der Waals surface area contributed by atoms with Gasteiger partial charge in [0.15, 0.2) is 11.9 Å². The van der Waals surface area contributed by atoms with Crippen molar-refractivity contribution in [2.75, 3.05) is 26.3 Å². The molecule has 1 atom stereocenters. The van der Waals surface area contributed by atoms with Gasteiger partial charge in [-0.15, -0.1) is 0 Å². The van der Waals surface area contributed by atoms with E-state index in [0.29, 0.717) is 36.4 Å². The second-order valence-electron chi connectivity index (χ2n) is 7.81. The molecule has 33 heavy (non-hydrogen) atoms. The van der Waals surface area contributed by atoms with Crippen LogP contribution in [0.4, 0.5) is 4.79 Å². The van der Waals surface area contributed by atoms with Gasteiger partial charge < -0.3 is 24.2 Å². The number of carboxylic acid groups (broad SMARTS) is 1. The highest BCUT2D eigenvalue weighted by molar-refractivity contribution is 6.35. The lowest BCUT2D eigenvalue weighted by Crippen LogP contribution is -2.38. The number of hydrogen-bond acceptors (Lipinski definition) is 5. The molecule has 178 valence electrons. The summed E-state index contributed by atoms with van der Waals surface area (Å²) < 4.78 is 16.5. The van der Waals surface area contributed by atoms with Crippen LogP contribution in [0.25, 0.3) is 0 Å². The van der Waals surface area contributed by atoms with Crippen molar-refractivity contribution in [3.8, 4) is 11.5 Å². The molecule has 0 aliphatic heterocycles. The number of halogens is 2. The number of carboxylic acids is 1. The highest BCUT2D eigenvalue weighted by Gasteiger charge is 2.28. The van der Waals surface area contributed by atoms with Crippen LogP contribution in [0.15, 0.2) is 42.5 Å². The Morgan fingerprint density at radius 3 is 2.48 bits per heavy atom. The Morgan fingerprint density at radius 2 is 1.88 bits per heavy atom. The van der Waals surface area contributed by atoms with Crippen LogP contribution in [0.2, 0.25) is 10.0 Å². The molecule has 0 radical (unpaired) electrons. The van der Waals surface area contributed by atoms with Crippen LogP contribution < -0.4 is 9.47 Å². The minimum absolute atomic E-state index is 0.259. The quantitative estimate of drug-likeness (QED) is 0.429. The molecule has 3 rings (SSSR count). The Morgan fingerprint density at radius 1 is 1.15 bits per heavy atom. The maximum atomic E-state index is 12.7. The van der Waals surface area contributed by atoms with Gasteiger partial charge in [-0.3, -0.25) is 0 Å². The molecule has 1 aliphatic rings. The molecule has 1 N–H and O–H groups in total. The number of rotatable bonds is 12. The van der Waals surface area contributed by atoms with E-state index < -0.39 is 18.2 Å². The second-order valence-corrected chi connectivity index (χ2v) is 8.65. The van der Waals surface area contributed by atoms with E-state index in [0.717, 1.165) is 18.4 Å². The molecule has 1 unspecified atom stereocenters. The van der Waals surface area contributed by atoms with Gasteiger partial charge >= 0.3 is 12.1 Å². The molecule has 0 aromatic heterocycles. The summed E-state index contributed by atoms with van der Waals surface area (Å²) in [5.41, 5.74) is 0.835. The first-order valence-electron chi connectivity index (χ1n) is 10.8. The lowest BCUT2D eigenvalue weighted by atomic mass is 10.1. The van der Waals surface area contributed by atoms with Crippen LogP contribution in [0, 0.1) is 5.92 Å². The second kappa shape index (κ2) is 12.1. The van der Waals surface area contributed by atoms with E-state index in [2.05, 4.69) is 0 Å². The first kappa shape index (κ1) is 25.1. The van der Waals surface area contributed by atoms with Crippen molar-refractivity contribution in [1.29, 1.82) is 0 Å². The van der Waals surface area contributed by atoms with E-state index in [1.54, 1.807) is 36.1 Å². The molecule has 1 fully saturated rings. The number of hydrogen-bond donors (Lipinski definition) is 1. The zero-order chi connectivity index (χ0) is 23.8. The lowest BCUT2D eigenvalue weighted by molar-refractivity contribution is -0.149. The van der Waals surface area contributed by atoms with Crippen molar-refractivity contribution < 1.29 is 28.9 Å². The fourth-order valence-corrected chi connectivity index (χ4v) is 3.66. The molecule has 9 heteroatoms. The Hall–Kier alpha value is -2.48. The minimum Gasteiger partial charge on any atom is -0.492 e. The summed E-state index contributed by atoms with van der Waals surface area (Å²) in [5.74, 6) is 0.377. The SMILES string of the molecule is CCOC(Cc1ccc(OCCN(CC2CC2)C(=O)Oc2ccc(Cl)cc2Cl)cc1)C(=O)O. The molecule has 7 nitrogen and oxygen atoms in total. The van der Waals surface area contributed by atoms with Crippen molar-refractivity contribution in [1.82, 2.24) is 4.90 Å². The summed E-state index contributed by atoms with van der Waals surface area (Å²) in [5, 5.41) is 9.95. The zero-order valence-electron chi connectivity index (χ0n) is 18.3. The molecule has 0 spiro atoms. The first-order valence-corrected chi connectivity index (χ1v) is 11.6. The standard InChI is InChI=1S/C24H27Cl2NO6/c1-2-31-22(23(28)29)13-16-5-8-19(9-6-16)32-12-11-27(15-17-3-4-17)24(30)33-21-10-7-18(25)14-20(21)26/h5-10,14,17,22H,2-4,11-13,15H2,1H3,(H,28,29). The highest BCUT2D eigenvalue weighted by Crippen LogP contribution is 2.31. The number of carbonyl (C=O) groups is 2. The van der Waals surface area contributed by atoms with E-state index in [1.165, 1.54) is 6.07 Å². The molecule has 2 aromatic rings. The number of aliphatic carboxylic acids is 1. The van der Waals surface area contributed by atoms with Gasteiger partial charge in [0.1, 0.15) is 12.4 Å². The predicted molar refractivity (Wildman–Crippen MR) is 125 cm³/mol. The average Bonchev–Trinajstić information content (AvgIpc) is 3.60. The topological polar surface area (TPSA) is 85.3 Å². The van der Waals surface area contributed by atoms with Crippen molar-refractivity contribution in [2.45, 2.75) is 32.3 Å². The van der Waals surface area contributed by atoms with E-state index in [-0.39, 0.29) is 23.8 Å². The maximum Gasteiger partial charge on any atom is 0.415 e. The molecule has 1 amide bonds. The molecular weight excluding hydrogens is 469 g/mol. The third-order valence-electron chi connectivity index (χ3n) is 5.14. The van der Waals surface area contributed by atoms with Gasteiger partial charge in [-0.25, -0.2) is 9.59 Å². The molecule has 0 heterocycles. The predicted octanol–water partition coefficient (Wildman–Crippen LogP) is 5.32. The van der Waals surface area contributed by atoms with Gasteiger partial charge in [0.25, 0.3) is 0 Å². The number of amides is 1. The van der Waals surface area contributed by atoms with Crippen molar-refractivity contribution in [3.63, 3.8) is 0 Å². The van der Waals surface area contributed by atoms with E-state index >= 15 is 0 Å². The van der Waals surface area contributed by atoms with Gasteiger partial charge in [-0.05, 0) is 61.6 Å². The summed E-state index contributed by atoms with van der Waals surface area (Å²) in [6, 6.07) is 11.9. The van der Waals surface area contributed by atoms with Gasteiger partial charge in [-0.1, -0.05) is 35.3 Å². The summed E-state index contributed by atoms with van der Waals surface area (Å²) in [7, 11) is 0.